The van der Waals surface area contributed by atoms with Crippen molar-refractivity contribution in [2.75, 3.05) is 0 Å². The predicted molar refractivity (Wildman–Crippen MR) is 98.4 cm³/mol. The molecule has 2 radical (unpaired) electrons. The molecule has 24 heavy (non-hydrogen) atoms. The SMILES string of the molecule is [CH]1C=CC=C1.[Ti+3].[c-]1ccccc1.[c-]1ccccc1.[c-]1ccccc1. The van der Waals surface area contributed by atoms with Gasteiger partial charge in [-0.2, -0.15) is 109 Å². The van der Waals surface area contributed by atoms with Gasteiger partial charge >= 0.3 is 21.7 Å². The first-order valence-corrected chi connectivity index (χ1v) is 7.40. The molecule has 0 unspecified atom stereocenters. The number of allylic oxidation sites excluding steroid dienone is 4. The van der Waals surface area contributed by atoms with Gasteiger partial charge in [0.25, 0.3) is 0 Å². The molecule has 0 fully saturated rings. The number of hydrogen-bond acceptors (Lipinski definition) is 0. The maximum Gasteiger partial charge on any atom is 3.00 e. The molecule has 0 N–H and O–H groups in total. The van der Waals surface area contributed by atoms with Crippen LogP contribution >= 0.6 is 0 Å². The Balaban J connectivity index is 0.000000291. The van der Waals surface area contributed by atoms with Crippen molar-refractivity contribution >= 4 is 0 Å². The van der Waals surface area contributed by atoms with Gasteiger partial charge in [0.1, 0.15) is 0 Å². The van der Waals surface area contributed by atoms with E-state index in [1.807, 2.05) is 122 Å². The van der Waals surface area contributed by atoms with E-state index in [1.165, 1.54) is 0 Å². The number of rotatable bonds is 0. The van der Waals surface area contributed by atoms with E-state index >= 15 is 0 Å². The predicted octanol–water partition coefficient (Wildman–Crippen LogP) is 5.77. The second-order valence-electron chi connectivity index (χ2n) is 4.19. The molecule has 4 rings (SSSR count). The second kappa shape index (κ2) is 18.9. The fourth-order valence-corrected chi connectivity index (χ4v) is 1.35. The summed E-state index contributed by atoms with van der Waals surface area (Å²) in [5, 5.41) is 0. The summed E-state index contributed by atoms with van der Waals surface area (Å²) in [7, 11) is 0. The Morgan fingerprint density at radius 2 is 0.625 bits per heavy atom. The Morgan fingerprint density at radius 3 is 0.708 bits per heavy atom. The summed E-state index contributed by atoms with van der Waals surface area (Å²) in [4.78, 5) is 0. The smallest absolute Gasteiger partial charge is 0.184 e. The van der Waals surface area contributed by atoms with Crippen LogP contribution in [0.25, 0.3) is 0 Å². The van der Waals surface area contributed by atoms with Crippen LogP contribution in [0, 0.1) is 24.6 Å². The summed E-state index contributed by atoms with van der Waals surface area (Å²) in [5.41, 5.74) is 0. The zero-order valence-corrected chi connectivity index (χ0v) is 15.1. The van der Waals surface area contributed by atoms with Gasteiger partial charge in [-0.25, -0.2) is 0 Å². The summed E-state index contributed by atoms with van der Waals surface area (Å²) < 4.78 is 0. The summed E-state index contributed by atoms with van der Waals surface area (Å²) in [6.07, 6.45) is 10.0. The molecule has 3 aromatic rings. The van der Waals surface area contributed by atoms with Gasteiger partial charge in [-0.15, -0.1) is 0 Å². The second-order valence-corrected chi connectivity index (χ2v) is 4.19. The van der Waals surface area contributed by atoms with Crippen molar-refractivity contribution in [2.24, 2.45) is 0 Å². The number of benzene rings is 3. The van der Waals surface area contributed by atoms with Crippen molar-refractivity contribution in [1.29, 1.82) is 0 Å². The fourth-order valence-electron chi connectivity index (χ4n) is 1.35. The molecular weight excluding hydrogens is 324 g/mol. The molecule has 0 nitrogen and oxygen atoms in total. The van der Waals surface area contributed by atoms with Gasteiger partial charge in [0.2, 0.25) is 0 Å². The zero-order chi connectivity index (χ0) is 16.3. The zero-order valence-electron chi connectivity index (χ0n) is 13.5. The van der Waals surface area contributed by atoms with Crippen LogP contribution < -0.4 is 0 Å². The molecule has 0 spiro atoms. The van der Waals surface area contributed by atoms with E-state index in [0.717, 1.165) is 0 Å². The van der Waals surface area contributed by atoms with Crippen molar-refractivity contribution in [2.45, 2.75) is 0 Å². The Labute approximate surface area is 161 Å². The summed E-state index contributed by atoms with van der Waals surface area (Å²) in [6.45, 7) is 0. The molecule has 0 heterocycles. The van der Waals surface area contributed by atoms with Crippen LogP contribution in [-0.2, 0) is 21.7 Å². The van der Waals surface area contributed by atoms with E-state index in [0.29, 0.717) is 0 Å². The van der Waals surface area contributed by atoms with Gasteiger partial charge in [0.15, 0.2) is 0 Å². The Morgan fingerprint density at radius 1 is 0.333 bits per heavy atom. The maximum absolute atomic E-state index is 2.89. The maximum atomic E-state index is 2.89. The van der Waals surface area contributed by atoms with Crippen molar-refractivity contribution in [3.63, 3.8) is 0 Å². The van der Waals surface area contributed by atoms with Gasteiger partial charge in [0, 0.05) is 6.42 Å². The number of hydrogen-bond donors (Lipinski definition) is 0. The Bertz CT molecular complexity index is 436. The van der Waals surface area contributed by atoms with Crippen molar-refractivity contribution in [3.8, 4) is 0 Å². The Hall–Kier alpha value is -2.15. The van der Waals surface area contributed by atoms with Gasteiger partial charge in [0.05, 0.1) is 0 Å². The molecule has 0 saturated carbocycles. The topological polar surface area (TPSA) is 0 Å². The van der Waals surface area contributed by atoms with Crippen molar-refractivity contribution in [3.05, 3.63) is 140 Å². The average Bonchev–Trinajstić information content (AvgIpc) is 3.27. The van der Waals surface area contributed by atoms with Crippen LogP contribution in [0.5, 0.6) is 0 Å². The monoisotopic (exact) mass is 344 g/mol. The normalized spacial score (nSPS) is 9.67. The standard InChI is InChI=1S/3C6H5.C5H5.Ti/c3*1-2-4-6-5-3-1;1-2-4-5-3-1;/h3*1-5H;1-5H;/q3*-1;;+3. The third-order valence-corrected chi connectivity index (χ3v) is 2.38. The summed E-state index contributed by atoms with van der Waals surface area (Å²) in [6, 6.07) is 37.5. The van der Waals surface area contributed by atoms with Gasteiger partial charge in [-0.3, -0.25) is 0 Å². The Kier molecular flexibility index (Phi) is 17.2. The van der Waals surface area contributed by atoms with Crippen LogP contribution in [0.3, 0.4) is 0 Å². The average molecular weight is 344 g/mol. The van der Waals surface area contributed by atoms with Crippen LogP contribution in [0.1, 0.15) is 0 Å². The fraction of sp³-hybridized carbons (Fsp3) is 0. The molecule has 1 aliphatic carbocycles. The van der Waals surface area contributed by atoms with Crippen LogP contribution in [-0.4, -0.2) is 0 Å². The first-order chi connectivity index (χ1) is 11.5. The van der Waals surface area contributed by atoms with E-state index in [1.54, 1.807) is 0 Å². The molecule has 0 bridgehead atoms. The van der Waals surface area contributed by atoms with E-state index in [9.17, 15) is 0 Å². The minimum atomic E-state index is 0. The molecule has 3 aromatic carbocycles. The minimum absolute atomic E-state index is 0. The van der Waals surface area contributed by atoms with Crippen LogP contribution in [0.15, 0.2) is 115 Å². The molecule has 0 aromatic heterocycles. The van der Waals surface area contributed by atoms with E-state index in [-0.39, 0.29) is 21.7 Å². The molecule has 1 aliphatic rings. The third-order valence-electron chi connectivity index (χ3n) is 2.38. The molecular formula is C23H20Ti. The minimum Gasteiger partial charge on any atom is -0.184 e. The molecule has 0 aliphatic heterocycles. The molecule has 116 valence electrons. The quantitative estimate of drug-likeness (QED) is 0.358. The first-order valence-electron chi connectivity index (χ1n) is 7.40. The van der Waals surface area contributed by atoms with E-state index < -0.39 is 0 Å². The van der Waals surface area contributed by atoms with Gasteiger partial charge in [-0.05, 0) is 0 Å². The molecule has 0 saturated heterocycles. The van der Waals surface area contributed by atoms with Crippen LogP contribution in [0.4, 0.5) is 0 Å². The van der Waals surface area contributed by atoms with E-state index in [4.69, 9.17) is 0 Å². The van der Waals surface area contributed by atoms with E-state index in [2.05, 4.69) is 18.2 Å². The molecule has 1 heteroatoms. The first kappa shape index (κ1) is 21.9. The third kappa shape index (κ3) is 16.2. The van der Waals surface area contributed by atoms with Gasteiger partial charge in [-0.1, -0.05) is 24.3 Å². The summed E-state index contributed by atoms with van der Waals surface area (Å²) >= 11 is 0. The summed E-state index contributed by atoms with van der Waals surface area (Å²) in [5.74, 6) is 0. The van der Waals surface area contributed by atoms with Crippen molar-refractivity contribution < 1.29 is 21.7 Å². The largest absolute Gasteiger partial charge is 3.00 e. The van der Waals surface area contributed by atoms with Crippen molar-refractivity contribution in [1.82, 2.24) is 0 Å². The molecule has 0 atom stereocenters. The molecule has 0 amide bonds. The van der Waals surface area contributed by atoms with Gasteiger partial charge < -0.3 is 0 Å². The van der Waals surface area contributed by atoms with Crippen LogP contribution in [0.2, 0.25) is 0 Å².